The molecule has 0 saturated heterocycles. The van der Waals surface area contributed by atoms with Crippen LogP contribution in [-0.4, -0.2) is 14.2 Å². The van der Waals surface area contributed by atoms with Gasteiger partial charge in [0, 0.05) is 13.0 Å². The highest BCUT2D eigenvalue weighted by atomic mass is 32.2. The Kier molecular flexibility index (Phi) is 5.83. The molecule has 4 nitrogen and oxygen atoms in total. The lowest BCUT2D eigenvalue weighted by molar-refractivity contribution is 0.578. The zero-order chi connectivity index (χ0) is 13.4. The molecule has 0 bridgehead atoms. The van der Waals surface area contributed by atoms with Gasteiger partial charge in [0.1, 0.15) is 0 Å². The molecule has 0 aliphatic heterocycles. The molecule has 0 fully saturated rings. The van der Waals surface area contributed by atoms with E-state index in [-0.39, 0.29) is 12.2 Å². The zero-order valence-electron chi connectivity index (χ0n) is 10.5. The van der Waals surface area contributed by atoms with Gasteiger partial charge in [-0.2, -0.15) is 5.26 Å². The van der Waals surface area contributed by atoms with Crippen LogP contribution in [-0.2, 0) is 23.0 Å². The van der Waals surface area contributed by atoms with Gasteiger partial charge in [-0.25, -0.2) is 13.1 Å². The lowest BCUT2D eigenvalue weighted by Gasteiger charge is -2.09. The summed E-state index contributed by atoms with van der Waals surface area (Å²) >= 11 is 0. The Morgan fingerprint density at radius 2 is 1.94 bits per heavy atom. The molecule has 0 heterocycles. The first-order chi connectivity index (χ1) is 8.59. The van der Waals surface area contributed by atoms with Gasteiger partial charge in [-0.1, -0.05) is 31.2 Å². The van der Waals surface area contributed by atoms with Gasteiger partial charge in [-0.05, 0) is 24.0 Å². The van der Waals surface area contributed by atoms with Gasteiger partial charge < -0.3 is 0 Å². The highest BCUT2D eigenvalue weighted by molar-refractivity contribution is 7.89. The van der Waals surface area contributed by atoms with E-state index in [0.717, 1.165) is 17.5 Å². The summed E-state index contributed by atoms with van der Waals surface area (Å²) < 4.78 is 25.9. The predicted molar refractivity (Wildman–Crippen MR) is 71.3 cm³/mol. The summed E-state index contributed by atoms with van der Waals surface area (Å²) in [5.74, 6) is 0.00878. The molecule has 0 unspecified atom stereocenters. The van der Waals surface area contributed by atoms with Gasteiger partial charge in [0.05, 0.1) is 11.8 Å². The average molecular weight is 266 g/mol. The van der Waals surface area contributed by atoms with Crippen molar-refractivity contribution in [3.63, 3.8) is 0 Å². The van der Waals surface area contributed by atoms with Crippen molar-refractivity contribution in [3.8, 4) is 6.07 Å². The first kappa shape index (κ1) is 14.7. The second-order valence-corrected chi connectivity index (χ2v) is 5.95. The lowest BCUT2D eigenvalue weighted by Crippen LogP contribution is -2.26. The molecule has 0 radical (unpaired) electrons. The van der Waals surface area contributed by atoms with Crippen LogP contribution < -0.4 is 4.72 Å². The van der Waals surface area contributed by atoms with Crippen LogP contribution in [0, 0.1) is 11.3 Å². The summed E-state index contributed by atoms with van der Waals surface area (Å²) in [6, 6.07) is 9.72. The number of rotatable bonds is 7. The molecule has 0 aliphatic carbocycles. The summed E-state index contributed by atoms with van der Waals surface area (Å²) in [7, 11) is -3.28. The van der Waals surface area contributed by atoms with Gasteiger partial charge in [-0.15, -0.1) is 0 Å². The minimum atomic E-state index is -3.28. The van der Waals surface area contributed by atoms with Crippen molar-refractivity contribution in [3.05, 3.63) is 35.4 Å². The molecular formula is C13H18N2O2S. The minimum Gasteiger partial charge on any atom is -0.212 e. The fourth-order valence-corrected chi connectivity index (χ4v) is 2.72. The van der Waals surface area contributed by atoms with E-state index in [0.29, 0.717) is 13.0 Å². The molecule has 1 rings (SSSR count). The normalized spacial score (nSPS) is 11.1. The molecule has 0 aromatic heterocycles. The van der Waals surface area contributed by atoms with Crippen LogP contribution in [0.15, 0.2) is 24.3 Å². The maximum absolute atomic E-state index is 11.7. The summed E-state index contributed by atoms with van der Waals surface area (Å²) in [6.45, 7) is 2.36. The van der Waals surface area contributed by atoms with Crippen LogP contribution in [0.1, 0.15) is 30.9 Å². The van der Waals surface area contributed by atoms with Gasteiger partial charge in [-0.3, -0.25) is 0 Å². The van der Waals surface area contributed by atoms with Gasteiger partial charge in [0.25, 0.3) is 0 Å². The van der Waals surface area contributed by atoms with E-state index in [1.165, 1.54) is 0 Å². The van der Waals surface area contributed by atoms with E-state index in [1.807, 2.05) is 37.3 Å². The first-order valence-corrected chi connectivity index (χ1v) is 7.65. The topological polar surface area (TPSA) is 70.0 Å². The van der Waals surface area contributed by atoms with E-state index in [4.69, 9.17) is 5.26 Å². The second kappa shape index (κ2) is 7.14. The van der Waals surface area contributed by atoms with Crippen LogP contribution in [0.25, 0.3) is 0 Å². The third-order valence-electron chi connectivity index (χ3n) is 2.68. The third-order valence-corrected chi connectivity index (χ3v) is 4.09. The van der Waals surface area contributed by atoms with Gasteiger partial charge >= 0.3 is 0 Å². The van der Waals surface area contributed by atoms with Crippen LogP contribution >= 0.6 is 0 Å². The van der Waals surface area contributed by atoms with Crippen LogP contribution in [0.4, 0.5) is 0 Å². The summed E-state index contributed by atoms with van der Waals surface area (Å²) in [6.07, 6.45) is 1.53. The Bertz CT molecular complexity index is 518. The third kappa shape index (κ3) is 4.86. The number of aryl methyl sites for hydroxylation is 1. The van der Waals surface area contributed by atoms with E-state index in [9.17, 15) is 8.42 Å². The average Bonchev–Trinajstić information content (AvgIpc) is 2.37. The van der Waals surface area contributed by atoms with E-state index < -0.39 is 10.0 Å². The number of nitrogens with zero attached hydrogens (tertiary/aromatic N) is 1. The van der Waals surface area contributed by atoms with Crippen molar-refractivity contribution in [1.82, 2.24) is 4.72 Å². The summed E-state index contributed by atoms with van der Waals surface area (Å²) in [5.41, 5.74) is 2.15. The molecule has 1 aromatic rings. The Morgan fingerprint density at radius 3 is 2.56 bits per heavy atom. The molecule has 5 heteroatoms. The number of hydrogen-bond acceptors (Lipinski definition) is 3. The summed E-state index contributed by atoms with van der Waals surface area (Å²) in [5, 5.41) is 8.37. The van der Waals surface area contributed by atoms with E-state index in [2.05, 4.69) is 4.72 Å². The molecule has 1 aromatic carbocycles. The number of benzene rings is 1. The molecule has 0 saturated carbocycles. The quantitative estimate of drug-likeness (QED) is 0.767. The largest absolute Gasteiger partial charge is 0.212 e. The number of nitrogens with one attached hydrogen (secondary N) is 1. The molecule has 0 amide bonds. The van der Waals surface area contributed by atoms with E-state index >= 15 is 0 Å². The highest BCUT2D eigenvalue weighted by Gasteiger charge is 2.10. The molecule has 1 N–H and O–H groups in total. The molecular weight excluding hydrogens is 248 g/mol. The van der Waals surface area contributed by atoms with Crippen LogP contribution in [0.3, 0.4) is 0 Å². The molecule has 0 atom stereocenters. The van der Waals surface area contributed by atoms with Crippen LogP contribution in [0.2, 0.25) is 0 Å². The second-order valence-electron chi connectivity index (χ2n) is 4.02. The van der Waals surface area contributed by atoms with Gasteiger partial charge in [0.2, 0.25) is 10.0 Å². The molecule has 0 spiro atoms. The minimum absolute atomic E-state index is 0.00878. The van der Waals surface area contributed by atoms with Crippen molar-refractivity contribution in [2.75, 3.05) is 5.75 Å². The highest BCUT2D eigenvalue weighted by Crippen LogP contribution is 2.09. The van der Waals surface area contributed by atoms with Crippen molar-refractivity contribution in [1.29, 1.82) is 5.26 Å². The Labute approximate surface area is 109 Å². The number of unbranched alkanes of at least 4 members (excludes halogenated alkanes) is 1. The lowest BCUT2D eigenvalue weighted by atomic mass is 10.1. The molecule has 0 aliphatic rings. The molecule has 98 valence electrons. The SMILES string of the molecule is CCc1ccccc1CNS(=O)(=O)CCCC#N. The van der Waals surface area contributed by atoms with Crippen LogP contribution in [0.5, 0.6) is 0 Å². The van der Waals surface area contributed by atoms with Gasteiger partial charge in [0.15, 0.2) is 0 Å². The monoisotopic (exact) mass is 266 g/mol. The van der Waals surface area contributed by atoms with E-state index in [1.54, 1.807) is 0 Å². The predicted octanol–water partition coefficient (Wildman–Crippen LogP) is 1.97. The maximum Gasteiger partial charge on any atom is 0.211 e. The van der Waals surface area contributed by atoms with Crippen molar-refractivity contribution in [2.24, 2.45) is 0 Å². The van der Waals surface area contributed by atoms with Crippen molar-refractivity contribution in [2.45, 2.75) is 32.7 Å². The van der Waals surface area contributed by atoms with Crippen molar-refractivity contribution >= 4 is 10.0 Å². The fraction of sp³-hybridized carbons (Fsp3) is 0.462. The maximum atomic E-state index is 11.7. The summed E-state index contributed by atoms with van der Waals surface area (Å²) in [4.78, 5) is 0. The fourth-order valence-electron chi connectivity index (χ4n) is 1.68. The standard InChI is InChI=1S/C13H18N2O2S/c1-2-12-7-3-4-8-13(12)11-15-18(16,17)10-6-5-9-14/h3-4,7-8,15H,2,5-6,10-11H2,1H3. The Morgan fingerprint density at radius 1 is 1.28 bits per heavy atom. The number of nitriles is 1. The Hall–Kier alpha value is -1.38. The molecule has 18 heavy (non-hydrogen) atoms. The Balaban J connectivity index is 2.56. The first-order valence-electron chi connectivity index (χ1n) is 6.00. The number of hydrogen-bond donors (Lipinski definition) is 1. The smallest absolute Gasteiger partial charge is 0.211 e. The zero-order valence-corrected chi connectivity index (χ0v) is 11.3. The van der Waals surface area contributed by atoms with Crippen molar-refractivity contribution < 1.29 is 8.42 Å². The number of sulfonamides is 1.